The minimum Gasteiger partial charge on any atom is -0.508 e. The van der Waals surface area contributed by atoms with E-state index in [1.165, 1.54) is 6.07 Å². The maximum absolute atomic E-state index is 13.1. The van der Waals surface area contributed by atoms with Gasteiger partial charge in [-0.25, -0.2) is 9.78 Å². The largest absolute Gasteiger partial charge is 0.508 e. The number of carbonyl (C=O) groups is 1. The van der Waals surface area contributed by atoms with Gasteiger partial charge in [-0.3, -0.25) is 4.79 Å². The lowest BCUT2D eigenvalue weighted by atomic mass is 10.1. The monoisotopic (exact) mass is 425 g/mol. The van der Waals surface area contributed by atoms with Crippen molar-refractivity contribution in [3.8, 4) is 40.1 Å². The Bertz CT molecular complexity index is 1400. The third-order valence-electron chi connectivity index (χ3n) is 4.31. The number of hydrogen-bond donors (Lipinski definition) is 4. The summed E-state index contributed by atoms with van der Waals surface area (Å²) < 4.78 is 23.8. The molecule has 0 fully saturated rings. The molecule has 0 aliphatic heterocycles. The predicted molar refractivity (Wildman–Crippen MR) is 104 cm³/mol. The smallest absolute Gasteiger partial charge is 0.345 e. The first-order valence-corrected chi connectivity index (χ1v) is 8.63. The maximum atomic E-state index is 13.1. The first-order valence-electron chi connectivity index (χ1n) is 8.63. The Labute approximate surface area is 171 Å². The van der Waals surface area contributed by atoms with E-state index in [4.69, 9.17) is 9.15 Å². The highest BCUT2D eigenvalue weighted by molar-refractivity contribution is 5.93. The van der Waals surface area contributed by atoms with Crippen molar-refractivity contribution in [2.45, 2.75) is 0 Å². The summed E-state index contributed by atoms with van der Waals surface area (Å²) in [6.07, 6.45) is 0.905. The van der Waals surface area contributed by atoms with Crippen LogP contribution in [0.15, 0.2) is 57.9 Å². The second kappa shape index (κ2) is 7.34. The number of benzene rings is 2. The second-order valence-corrected chi connectivity index (χ2v) is 6.39. The number of pyridine rings is 1. The Hall–Kier alpha value is -4.60. The molecule has 2 aromatic carbocycles. The molecule has 0 aliphatic rings. The van der Waals surface area contributed by atoms with Gasteiger partial charge in [0.05, 0.1) is 5.56 Å². The van der Waals surface area contributed by atoms with Gasteiger partial charge >= 0.3 is 5.97 Å². The highest BCUT2D eigenvalue weighted by atomic mass is 19.1. The number of rotatable bonds is 3. The van der Waals surface area contributed by atoms with Crippen LogP contribution < -0.4 is 10.2 Å². The molecule has 0 atom stereocenters. The molecular formula is C21H12FNO8. The second-order valence-electron chi connectivity index (χ2n) is 6.39. The van der Waals surface area contributed by atoms with Crippen molar-refractivity contribution in [3.05, 3.63) is 70.4 Å². The number of phenols is 4. The van der Waals surface area contributed by atoms with Gasteiger partial charge in [0.2, 0.25) is 17.1 Å². The third kappa shape index (κ3) is 3.57. The number of halogens is 1. The molecule has 9 nitrogen and oxygen atoms in total. The van der Waals surface area contributed by atoms with Crippen LogP contribution in [0, 0.1) is 5.95 Å². The van der Waals surface area contributed by atoms with Crippen LogP contribution >= 0.6 is 0 Å². The van der Waals surface area contributed by atoms with Gasteiger partial charge in [-0.1, -0.05) is 0 Å². The molecule has 2 heterocycles. The molecule has 0 bridgehead atoms. The van der Waals surface area contributed by atoms with Crippen LogP contribution in [0.5, 0.6) is 28.7 Å². The molecule has 0 aliphatic carbocycles. The molecule has 0 spiro atoms. The van der Waals surface area contributed by atoms with Gasteiger partial charge in [0.25, 0.3) is 0 Å². The average Bonchev–Trinajstić information content (AvgIpc) is 2.71. The normalized spacial score (nSPS) is 10.9. The number of aromatic hydroxyl groups is 4. The lowest BCUT2D eigenvalue weighted by Crippen LogP contribution is -2.16. The third-order valence-corrected chi connectivity index (χ3v) is 4.31. The lowest BCUT2D eigenvalue weighted by Gasteiger charge is -2.12. The van der Waals surface area contributed by atoms with E-state index in [0.717, 1.165) is 42.6 Å². The molecule has 0 unspecified atom stereocenters. The van der Waals surface area contributed by atoms with Crippen molar-refractivity contribution in [2.75, 3.05) is 0 Å². The first kappa shape index (κ1) is 19.7. The van der Waals surface area contributed by atoms with Crippen molar-refractivity contribution in [1.29, 1.82) is 0 Å². The number of phenolic OH excluding ortho intramolecular Hbond substituents is 4. The number of ether oxygens (including phenoxy) is 1. The summed E-state index contributed by atoms with van der Waals surface area (Å²) in [4.78, 5) is 28.9. The van der Waals surface area contributed by atoms with E-state index < -0.39 is 46.1 Å². The van der Waals surface area contributed by atoms with E-state index in [0.29, 0.717) is 0 Å². The van der Waals surface area contributed by atoms with Crippen molar-refractivity contribution in [1.82, 2.24) is 4.98 Å². The number of aromatic nitrogens is 1. The fourth-order valence-corrected chi connectivity index (χ4v) is 2.86. The van der Waals surface area contributed by atoms with E-state index in [1.807, 2.05) is 0 Å². The van der Waals surface area contributed by atoms with Crippen LogP contribution in [0.2, 0.25) is 0 Å². The first-order chi connectivity index (χ1) is 14.7. The summed E-state index contributed by atoms with van der Waals surface area (Å²) >= 11 is 0. The summed E-state index contributed by atoms with van der Waals surface area (Å²) in [6, 6.07) is 7.43. The molecule has 4 aromatic rings. The fourth-order valence-electron chi connectivity index (χ4n) is 2.86. The number of carbonyl (C=O) groups excluding carboxylic acids is 1. The highest BCUT2D eigenvalue weighted by Gasteiger charge is 2.24. The molecule has 31 heavy (non-hydrogen) atoms. The van der Waals surface area contributed by atoms with Gasteiger partial charge in [-0.2, -0.15) is 4.39 Å². The quantitative estimate of drug-likeness (QED) is 0.221. The van der Waals surface area contributed by atoms with Gasteiger partial charge < -0.3 is 29.6 Å². The van der Waals surface area contributed by atoms with Crippen molar-refractivity contribution >= 4 is 16.9 Å². The van der Waals surface area contributed by atoms with Gasteiger partial charge in [0.15, 0.2) is 17.3 Å². The van der Waals surface area contributed by atoms with Crippen LogP contribution in [-0.4, -0.2) is 31.4 Å². The van der Waals surface area contributed by atoms with E-state index in [-0.39, 0.29) is 27.9 Å². The zero-order valence-electron chi connectivity index (χ0n) is 15.4. The van der Waals surface area contributed by atoms with Crippen molar-refractivity contribution < 1.29 is 38.8 Å². The molecule has 4 N–H and O–H groups in total. The minimum absolute atomic E-state index is 0.0390. The number of esters is 1. The topological polar surface area (TPSA) is 150 Å². The SMILES string of the molecule is O=C(Oc1c(-c2ccc(O)c(O)c2)oc2cc(O)cc(O)c2c1=O)c1ccc(F)nc1. The molecule has 0 saturated carbocycles. The van der Waals surface area contributed by atoms with E-state index in [1.54, 1.807) is 0 Å². The van der Waals surface area contributed by atoms with E-state index in [9.17, 15) is 34.4 Å². The number of nitrogens with zero attached hydrogens (tertiary/aromatic N) is 1. The van der Waals surface area contributed by atoms with Gasteiger partial charge in [0, 0.05) is 23.9 Å². The number of hydrogen-bond acceptors (Lipinski definition) is 9. The minimum atomic E-state index is -1.07. The van der Waals surface area contributed by atoms with Gasteiger partial charge in [-0.15, -0.1) is 0 Å². The zero-order chi connectivity index (χ0) is 22.3. The lowest BCUT2D eigenvalue weighted by molar-refractivity contribution is 0.0730. The van der Waals surface area contributed by atoms with Crippen LogP contribution in [0.3, 0.4) is 0 Å². The summed E-state index contributed by atoms with van der Waals surface area (Å²) in [7, 11) is 0. The molecule has 2 aromatic heterocycles. The van der Waals surface area contributed by atoms with Crippen molar-refractivity contribution in [2.24, 2.45) is 0 Å². The van der Waals surface area contributed by atoms with Crippen LogP contribution in [0.4, 0.5) is 4.39 Å². The molecule has 0 amide bonds. The van der Waals surface area contributed by atoms with E-state index in [2.05, 4.69) is 4.98 Å². The highest BCUT2D eigenvalue weighted by Crippen LogP contribution is 2.38. The number of fused-ring (bicyclic) bond motifs is 1. The Morgan fingerprint density at radius 2 is 1.74 bits per heavy atom. The molecular weight excluding hydrogens is 413 g/mol. The summed E-state index contributed by atoms with van der Waals surface area (Å²) in [5, 5.41) is 38.8. The summed E-state index contributed by atoms with van der Waals surface area (Å²) in [5.41, 5.74) is -1.31. The molecule has 10 heteroatoms. The summed E-state index contributed by atoms with van der Waals surface area (Å²) in [5.74, 6) is -4.88. The Kier molecular flexibility index (Phi) is 4.66. The Morgan fingerprint density at radius 3 is 2.42 bits per heavy atom. The molecule has 0 saturated heterocycles. The predicted octanol–water partition coefficient (Wildman–Crippen LogP) is 3.04. The van der Waals surface area contributed by atoms with Gasteiger partial charge in [0.1, 0.15) is 22.5 Å². The molecule has 4 rings (SSSR count). The Balaban J connectivity index is 1.95. The van der Waals surface area contributed by atoms with Crippen molar-refractivity contribution in [3.63, 3.8) is 0 Å². The van der Waals surface area contributed by atoms with Crippen LogP contribution in [0.1, 0.15) is 10.4 Å². The van der Waals surface area contributed by atoms with Gasteiger partial charge in [-0.05, 0) is 30.3 Å². The van der Waals surface area contributed by atoms with E-state index >= 15 is 0 Å². The Morgan fingerprint density at radius 1 is 0.968 bits per heavy atom. The van der Waals surface area contributed by atoms with Crippen LogP contribution in [-0.2, 0) is 0 Å². The fraction of sp³-hybridized carbons (Fsp3) is 0. The maximum Gasteiger partial charge on any atom is 0.345 e. The standard InChI is InChI=1S/C21H12FNO8/c22-16-4-2-10(8-23-16)21(29)31-20-18(28)17-14(27)6-11(24)7-15(17)30-19(20)9-1-3-12(25)13(26)5-9/h1-8,24-27H. The molecule has 0 radical (unpaired) electrons. The van der Waals surface area contributed by atoms with Crippen LogP contribution in [0.25, 0.3) is 22.3 Å². The summed E-state index contributed by atoms with van der Waals surface area (Å²) in [6.45, 7) is 0. The molecule has 156 valence electrons. The average molecular weight is 425 g/mol. The zero-order valence-corrected chi connectivity index (χ0v) is 15.4.